The van der Waals surface area contributed by atoms with Crippen molar-refractivity contribution in [1.29, 1.82) is 0 Å². The predicted octanol–water partition coefficient (Wildman–Crippen LogP) is 2.49. The third-order valence-corrected chi connectivity index (χ3v) is 5.88. The number of hydrogen-bond acceptors (Lipinski definition) is 2. The van der Waals surface area contributed by atoms with Crippen LogP contribution in [0.15, 0.2) is 0 Å². The second-order valence-corrected chi connectivity index (χ2v) is 6.74. The Hall–Kier alpha value is 0.160. The maximum Gasteiger partial charge on any atom is 0.222 e. The molecule has 0 N–H and O–H groups in total. The molecule has 4 aliphatic rings. The highest BCUT2D eigenvalue weighted by atomic mass is 127. The average Bonchev–Trinajstić information content (AvgIpc) is 2.41. The molecule has 0 bridgehead atoms. The van der Waals surface area contributed by atoms with E-state index < -0.39 is 0 Å². The number of amides is 1. The van der Waals surface area contributed by atoms with Crippen LogP contribution < -0.4 is 0 Å². The fourth-order valence-corrected chi connectivity index (χ4v) is 5.26. The Morgan fingerprint density at radius 2 is 1.79 bits per heavy atom. The van der Waals surface area contributed by atoms with Crippen LogP contribution in [0.4, 0.5) is 0 Å². The molecule has 3 nitrogen and oxygen atoms in total. The largest absolute Gasteiger partial charge is 0.339 e. The molecule has 108 valence electrons. The van der Waals surface area contributed by atoms with Gasteiger partial charge in [0.2, 0.25) is 5.91 Å². The maximum absolute atomic E-state index is 12.2. The van der Waals surface area contributed by atoms with Crippen LogP contribution in [-0.4, -0.2) is 47.4 Å². The average molecular weight is 376 g/mol. The van der Waals surface area contributed by atoms with Crippen molar-refractivity contribution in [2.45, 2.75) is 57.0 Å². The van der Waals surface area contributed by atoms with Gasteiger partial charge in [-0.25, -0.2) is 0 Å². The maximum atomic E-state index is 12.2. The first-order valence-electron chi connectivity index (χ1n) is 7.88. The van der Waals surface area contributed by atoms with E-state index in [1.165, 1.54) is 45.2 Å². The molecule has 0 radical (unpaired) electrons. The van der Waals surface area contributed by atoms with Gasteiger partial charge in [-0.05, 0) is 63.5 Å². The molecule has 0 spiro atoms. The monoisotopic (exact) mass is 376 g/mol. The van der Waals surface area contributed by atoms with E-state index in [2.05, 4.69) is 9.80 Å². The summed E-state index contributed by atoms with van der Waals surface area (Å²) >= 11 is 0. The van der Waals surface area contributed by atoms with Crippen LogP contribution in [0.1, 0.15) is 44.9 Å². The van der Waals surface area contributed by atoms with Crippen LogP contribution >= 0.6 is 24.0 Å². The van der Waals surface area contributed by atoms with Gasteiger partial charge in [0, 0.05) is 25.0 Å². The zero-order chi connectivity index (χ0) is 12.1. The molecule has 0 aromatic heterocycles. The summed E-state index contributed by atoms with van der Waals surface area (Å²) in [5.74, 6) is 2.02. The van der Waals surface area contributed by atoms with Gasteiger partial charge in [0.15, 0.2) is 0 Å². The van der Waals surface area contributed by atoms with E-state index in [9.17, 15) is 4.79 Å². The Balaban J connectivity index is 0.00000110. The minimum atomic E-state index is 0. The zero-order valence-corrected chi connectivity index (χ0v) is 13.9. The van der Waals surface area contributed by atoms with E-state index in [0.717, 1.165) is 37.3 Å². The summed E-state index contributed by atoms with van der Waals surface area (Å²) in [7, 11) is 0. The molecular weight excluding hydrogens is 351 g/mol. The van der Waals surface area contributed by atoms with Gasteiger partial charge in [-0.1, -0.05) is 0 Å². The molecule has 0 saturated carbocycles. The zero-order valence-electron chi connectivity index (χ0n) is 11.6. The number of carbonyl (C=O) groups excluding carboxylic acids is 1. The number of hydrogen-bond donors (Lipinski definition) is 0. The van der Waals surface area contributed by atoms with Gasteiger partial charge in [-0.3, -0.25) is 9.69 Å². The van der Waals surface area contributed by atoms with Crippen molar-refractivity contribution in [2.75, 3.05) is 19.6 Å². The molecule has 0 aromatic carbocycles. The molecule has 4 rings (SSSR count). The van der Waals surface area contributed by atoms with Gasteiger partial charge in [0.05, 0.1) is 0 Å². The Morgan fingerprint density at radius 1 is 1.00 bits per heavy atom. The van der Waals surface area contributed by atoms with Crippen molar-refractivity contribution in [1.82, 2.24) is 9.80 Å². The lowest BCUT2D eigenvalue weighted by Gasteiger charge is -2.58. The molecule has 0 aromatic rings. The third-order valence-electron chi connectivity index (χ3n) is 5.88. The molecule has 0 aliphatic carbocycles. The van der Waals surface area contributed by atoms with Gasteiger partial charge < -0.3 is 4.90 Å². The van der Waals surface area contributed by atoms with Gasteiger partial charge in [0.25, 0.3) is 0 Å². The SMILES string of the molecule is I.O=C1CCC[C@@H]2[C@H]3CCCN4CCC[C@@H](CN12)[C@@H]34. The van der Waals surface area contributed by atoms with Crippen LogP contribution in [0.2, 0.25) is 0 Å². The molecule has 4 atom stereocenters. The van der Waals surface area contributed by atoms with E-state index in [4.69, 9.17) is 0 Å². The Kier molecular flexibility index (Phi) is 4.09. The van der Waals surface area contributed by atoms with Gasteiger partial charge >= 0.3 is 0 Å². The van der Waals surface area contributed by atoms with Crippen molar-refractivity contribution < 1.29 is 4.79 Å². The lowest BCUT2D eigenvalue weighted by molar-refractivity contribution is -0.150. The standard InChI is InChI=1S/C15H24N2O.HI/c18-14-7-1-6-13-12-5-3-9-16-8-2-4-11(15(12)16)10-17(13)14;/h11-13,15H,1-10H2;1H/t11-,12+,13+,15-;/m0./s1. The van der Waals surface area contributed by atoms with Crippen LogP contribution in [0.25, 0.3) is 0 Å². The highest BCUT2D eigenvalue weighted by molar-refractivity contribution is 14.0. The first kappa shape index (κ1) is 14.1. The van der Waals surface area contributed by atoms with Crippen LogP contribution in [0.3, 0.4) is 0 Å². The smallest absolute Gasteiger partial charge is 0.222 e. The van der Waals surface area contributed by atoms with Crippen LogP contribution in [0.5, 0.6) is 0 Å². The summed E-state index contributed by atoms with van der Waals surface area (Å²) in [4.78, 5) is 17.2. The van der Waals surface area contributed by atoms with Crippen molar-refractivity contribution in [3.8, 4) is 0 Å². The van der Waals surface area contributed by atoms with Gasteiger partial charge in [-0.15, -0.1) is 24.0 Å². The molecule has 4 saturated heterocycles. The lowest BCUT2D eigenvalue weighted by Crippen LogP contribution is -2.66. The van der Waals surface area contributed by atoms with Crippen molar-refractivity contribution in [3.05, 3.63) is 0 Å². The second kappa shape index (κ2) is 5.51. The first-order chi connectivity index (χ1) is 8.84. The molecule has 4 fully saturated rings. The minimum absolute atomic E-state index is 0. The van der Waals surface area contributed by atoms with E-state index in [-0.39, 0.29) is 24.0 Å². The predicted molar refractivity (Wildman–Crippen MR) is 85.6 cm³/mol. The van der Waals surface area contributed by atoms with Crippen molar-refractivity contribution in [2.24, 2.45) is 11.8 Å². The second-order valence-electron chi connectivity index (χ2n) is 6.74. The fourth-order valence-electron chi connectivity index (χ4n) is 5.26. The fraction of sp³-hybridized carbons (Fsp3) is 0.933. The Labute approximate surface area is 133 Å². The van der Waals surface area contributed by atoms with Crippen molar-refractivity contribution in [3.63, 3.8) is 0 Å². The number of nitrogens with zero attached hydrogens (tertiary/aromatic N) is 2. The van der Waals surface area contributed by atoms with E-state index in [0.29, 0.717) is 11.9 Å². The normalized spacial score (nSPS) is 42.1. The number of piperidine rings is 4. The highest BCUT2D eigenvalue weighted by Gasteiger charge is 2.50. The highest BCUT2D eigenvalue weighted by Crippen LogP contribution is 2.44. The molecule has 0 unspecified atom stereocenters. The topological polar surface area (TPSA) is 23.6 Å². The number of rotatable bonds is 0. The quantitative estimate of drug-likeness (QED) is 0.607. The van der Waals surface area contributed by atoms with E-state index in [1.54, 1.807) is 0 Å². The summed E-state index contributed by atoms with van der Waals surface area (Å²) in [5.41, 5.74) is 0. The Morgan fingerprint density at radius 3 is 2.63 bits per heavy atom. The van der Waals surface area contributed by atoms with E-state index in [1.807, 2.05) is 0 Å². The lowest BCUT2D eigenvalue weighted by atomic mass is 9.68. The van der Waals surface area contributed by atoms with Gasteiger partial charge in [0.1, 0.15) is 0 Å². The number of fused-ring (bicyclic) bond motifs is 2. The van der Waals surface area contributed by atoms with Crippen LogP contribution in [-0.2, 0) is 4.79 Å². The summed E-state index contributed by atoms with van der Waals surface area (Å²) < 4.78 is 0. The van der Waals surface area contributed by atoms with Crippen LogP contribution in [0, 0.1) is 11.8 Å². The number of carbonyl (C=O) groups is 1. The summed E-state index contributed by atoms with van der Waals surface area (Å²) in [6.45, 7) is 3.71. The minimum Gasteiger partial charge on any atom is -0.339 e. The summed E-state index contributed by atoms with van der Waals surface area (Å²) in [6.07, 6.45) is 8.64. The summed E-state index contributed by atoms with van der Waals surface area (Å²) in [6, 6.07) is 1.41. The Bertz CT molecular complexity index is 360. The third kappa shape index (κ3) is 2.23. The molecule has 4 heteroatoms. The molecule has 4 aliphatic heterocycles. The van der Waals surface area contributed by atoms with E-state index >= 15 is 0 Å². The van der Waals surface area contributed by atoms with Gasteiger partial charge in [-0.2, -0.15) is 0 Å². The van der Waals surface area contributed by atoms with Crippen molar-refractivity contribution >= 4 is 29.9 Å². The molecular formula is C15H25IN2O. The molecule has 4 heterocycles. The first-order valence-corrected chi connectivity index (χ1v) is 7.88. The molecule has 19 heavy (non-hydrogen) atoms. The number of halogens is 1. The summed E-state index contributed by atoms with van der Waals surface area (Å²) in [5, 5.41) is 0. The molecule has 1 amide bonds.